The topological polar surface area (TPSA) is 56.4 Å². The zero-order valence-corrected chi connectivity index (χ0v) is 12.1. The lowest BCUT2D eigenvalue weighted by atomic mass is 9.95. The molecule has 1 N–H and O–H groups in total. The molecule has 1 aromatic carbocycles. The highest BCUT2D eigenvalue weighted by atomic mass is 16.4. The molecule has 0 saturated carbocycles. The lowest BCUT2D eigenvalue weighted by Crippen LogP contribution is -1.96. The van der Waals surface area contributed by atoms with Crippen molar-refractivity contribution in [2.45, 2.75) is 26.2 Å². The van der Waals surface area contributed by atoms with Crippen molar-refractivity contribution in [2.24, 2.45) is 5.16 Å². The minimum Gasteiger partial charge on any atom is -0.410 e. The van der Waals surface area contributed by atoms with Gasteiger partial charge in [-0.3, -0.25) is 0 Å². The first-order valence-corrected chi connectivity index (χ1v) is 7.10. The molecule has 0 radical (unpaired) electrons. The summed E-state index contributed by atoms with van der Waals surface area (Å²) in [7, 11) is 0. The van der Waals surface area contributed by atoms with Crippen molar-refractivity contribution in [1.29, 1.82) is 5.26 Å². The third kappa shape index (κ3) is 3.70. The SMILES string of the molecule is CCCCc1cccc(C(C#N)=C2C=CC(=NO)C=C2)c1. The molecule has 1 aliphatic carbocycles. The summed E-state index contributed by atoms with van der Waals surface area (Å²) in [5.74, 6) is 0. The van der Waals surface area contributed by atoms with Crippen LogP contribution in [0.3, 0.4) is 0 Å². The van der Waals surface area contributed by atoms with Crippen molar-refractivity contribution in [3.63, 3.8) is 0 Å². The second-order valence-electron chi connectivity index (χ2n) is 4.94. The first-order chi connectivity index (χ1) is 10.3. The van der Waals surface area contributed by atoms with Crippen LogP contribution in [0.15, 0.2) is 59.3 Å². The van der Waals surface area contributed by atoms with E-state index in [2.05, 4.69) is 30.3 Å². The summed E-state index contributed by atoms with van der Waals surface area (Å²) < 4.78 is 0. The Balaban J connectivity index is 2.35. The van der Waals surface area contributed by atoms with E-state index in [1.807, 2.05) is 12.1 Å². The van der Waals surface area contributed by atoms with Gasteiger partial charge in [-0.1, -0.05) is 54.9 Å². The summed E-state index contributed by atoms with van der Waals surface area (Å²) in [4.78, 5) is 0. The van der Waals surface area contributed by atoms with Gasteiger partial charge >= 0.3 is 0 Å². The zero-order valence-electron chi connectivity index (χ0n) is 12.1. The summed E-state index contributed by atoms with van der Waals surface area (Å²) in [6, 6.07) is 10.4. The van der Waals surface area contributed by atoms with Gasteiger partial charge in [-0.2, -0.15) is 5.26 Å². The van der Waals surface area contributed by atoms with E-state index in [1.165, 1.54) is 5.56 Å². The highest BCUT2D eigenvalue weighted by molar-refractivity contribution is 6.06. The smallest absolute Gasteiger partial charge is 0.102 e. The van der Waals surface area contributed by atoms with Crippen LogP contribution in [0.4, 0.5) is 0 Å². The van der Waals surface area contributed by atoms with Gasteiger partial charge in [0.2, 0.25) is 0 Å². The summed E-state index contributed by atoms with van der Waals surface area (Å²) in [6.07, 6.45) is 10.3. The molecule has 0 spiro atoms. The number of rotatable bonds is 4. The van der Waals surface area contributed by atoms with Gasteiger partial charge in [0.05, 0.1) is 5.57 Å². The standard InChI is InChI=1S/C18H18N2O/c1-2-3-5-14-6-4-7-16(12-14)18(13-19)15-8-10-17(20-21)11-9-15/h4,6-12,21H,2-3,5H2,1H3. The number of oxime groups is 1. The molecule has 0 aromatic heterocycles. The van der Waals surface area contributed by atoms with Crippen LogP contribution < -0.4 is 0 Å². The molecule has 0 fully saturated rings. The fourth-order valence-electron chi connectivity index (χ4n) is 2.25. The van der Waals surface area contributed by atoms with Gasteiger partial charge in [-0.15, -0.1) is 0 Å². The highest BCUT2D eigenvalue weighted by Gasteiger charge is 2.08. The van der Waals surface area contributed by atoms with Gasteiger partial charge in [0.1, 0.15) is 11.8 Å². The first kappa shape index (κ1) is 14.8. The Labute approximate surface area is 125 Å². The predicted molar refractivity (Wildman–Crippen MR) is 85.1 cm³/mol. The van der Waals surface area contributed by atoms with Gasteiger partial charge < -0.3 is 5.21 Å². The molecular weight excluding hydrogens is 260 g/mol. The summed E-state index contributed by atoms with van der Waals surface area (Å²) >= 11 is 0. The van der Waals surface area contributed by atoms with Gasteiger partial charge in [0.25, 0.3) is 0 Å². The van der Waals surface area contributed by atoms with Crippen LogP contribution in [0.25, 0.3) is 5.57 Å². The molecule has 1 aliphatic rings. The molecule has 0 atom stereocenters. The maximum atomic E-state index is 9.47. The Morgan fingerprint density at radius 1 is 1.24 bits per heavy atom. The van der Waals surface area contributed by atoms with Crippen LogP contribution in [-0.2, 0) is 6.42 Å². The first-order valence-electron chi connectivity index (χ1n) is 7.10. The molecule has 0 aliphatic heterocycles. The van der Waals surface area contributed by atoms with Crippen LogP contribution in [0.5, 0.6) is 0 Å². The minimum absolute atomic E-state index is 0.479. The van der Waals surface area contributed by atoms with E-state index in [-0.39, 0.29) is 0 Å². The van der Waals surface area contributed by atoms with Crippen molar-refractivity contribution in [3.8, 4) is 6.07 Å². The molecule has 2 rings (SSSR count). The van der Waals surface area contributed by atoms with E-state index < -0.39 is 0 Å². The molecule has 0 bridgehead atoms. The quantitative estimate of drug-likeness (QED) is 0.508. The number of allylic oxidation sites excluding steroid dienone is 6. The fraction of sp³-hybridized carbons (Fsp3) is 0.222. The maximum absolute atomic E-state index is 9.47. The zero-order chi connectivity index (χ0) is 15.1. The molecule has 1 aromatic rings. The molecule has 3 nitrogen and oxygen atoms in total. The number of nitriles is 1. The molecule has 0 unspecified atom stereocenters. The third-order valence-corrected chi connectivity index (χ3v) is 3.42. The van der Waals surface area contributed by atoms with E-state index in [4.69, 9.17) is 5.21 Å². The van der Waals surface area contributed by atoms with E-state index in [0.29, 0.717) is 11.3 Å². The Morgan fingerprint density at radius 2 is 2.00 bits per heavy atom. The normalized spacial score (nSPS) is 13.1. The number of benzene rings is 1. The van der Waals surface area contributed by atoms with E-state index in [0.717, 1.165) is 30.4 Å². The lowest BCUT2D eigenvalue weighted by Gasteiger charge is -2.08. The van der Waals surface area contributed by atoms with Crippen molar-refractivity contribution in [2.75, 3.05) is 0 Å². The van der Waals surface area contributed by atoms with Crippen molar-refractivity contribution >= 4 is 11.3 Å². The van der Waals surface area contributed by atoms with E-state index in [9.17, 15) is 5.26 Å². The average molecular weight is 278 g/mol. The molecular formula is C18H18N2O. The second kappa shape index (κ2) is 7.25. The average Bonchev–Trinajstić information content (AvgIpc) is 2.55. The number of hydrogen-bond acceptors (Lipinski definition) is 3. The minimum atomic E-state index is 0.479. The number of hydrogen-bond donors (Lipinski definition) is 1. The second-order valence-corrected chi connectivity index (χ2v) is 4.94. The van der Waals surface area contributed by atoms with Crippen molar-refractivity contribution in [3.05, 3.63) is 65.3 Å². The summed E-state index contributed by atoms with van der Waals surface area (Å²) in [6.45, 7) is 2.17. The molecule has 106 valence electrons. The molecule has 0 amide bonds. The lowest BCUT2D eigenvalue weighted by molar-refractivity contribution is 0.320. The number of nitrogens with zero attached hydrogens (tertiary/aromatic N) is 2. The van der Waals surface area contributed by atoms with Crippen molar-refractivity contribution < 1.29 is 5.21 Å². The van der Waals surface area contributed by atoms with E-state index >= 15 is 0 Å². The molecule has 3 heteroatoms. The third-order valence-electron chi connectivity index (χ3n) is 3.42. The van der Waals surface area contributed by atoms with Gasteiger partial charge in [-0.25, -0.2) is 0 Å². The van der Waals surface area contributed by atoms with Crippen LogP contribution in [0.1, 0.15) is 30.9 Å². The number of aryl methyl sites for hydroxylation is 1. The Hall–Kier alpha value is -2.60. The van der Waals surface area contributed by atoms with E-state index in [1.54, 1.807) is 24.3 Å². The van der Waals surface area contributed by atoms with Crippen LogP contribution in [-0.4, -0.2) is 10.9 Å². The predicted octanol–water partition coefficient (Wildman–Crippen LogP) is 4.26. The Morgan fingerprint density at radius 3 is 2.62 bits per heavy atom. The van der Waals surface area contributed by atoms with Gasteiger partial charge in [0, 0.05) is 0 Å². The molecule has 21 heavy (non-hydrogen) atoms. The summed E-state index contributed by atoms with van der Waals surface area (Å²) in [5.41, 5.74) is 4.13. The fourth-order valence-corrected chi connectivity index (χ4v) is 2.25. The van der Waals surface area contributed by atoms with Gasteiger partial charge in [0.15, 0.2) is 0 Å². The largest absolute Gasteiger partial charge is 0.410 e. The molecule has 0 heterocycles. The van der Waals surface area contributed by atoms with Crippen molar-refractivity contribution in [1.82, 2.24) is 0 Å². The Kier molecular flexibility index (Phi) is 5.11. The summed E-state index contributed by atoms with van der Waals surface area (Å²) in [5, 5.41) is 21.3. The highest BCUT2D eigenvalue weighted by Crippen LogP contribution is 2.23. The van der Waals surface area contributed by atoms with Crippen LogP contribution in [0.2, 0.25) is 0 Å². The van der Waals surface area contributed by atoms with Gasteiger partial charge in [-0.05, 0) is 41.7 Å². The maximum Gasteiger partial charge on any atom is 0.102 e. The molecule has 0 saturated heterocycles. The van der Waals surface area contributed by atoms with Crippen LogP contribution in [0, 0.1) is 11.3 Å². The Bertz CT molecular complexity index is 655. The monoisotopic (exact) mass is 278 g/mol. The number of unbranched alkanes of at least 4 members (excludes halogenated alkanes) is 1. The van der Waals surface area contributed by atoms with Crippen LogP contribution >= 0.6 is 0 Å².